The lowest BCUT2D eigenvalue weighted by atomic mass is 9.93. The summed E-state index contributed by atoms with van der Waals surface area (Å²) in [6, 6.07) is 11.9. The molecule has 1 heterocycles. The first-order valence-electron chi connectivity index (χ1n) is 9.63. The lowest BCUT2D eigenvalue weighted by Gasteiger charge is -2.20. The number of anilines is 1. The number of hydrogen-bond acceptors (Lipinski definition) is 4. The smallest absolute Gasteiger partial charge is 0.228 e. The Hall–Kier alpha value is -3.35. The summed E-state index contributed by atoms with van der Waals surface area (Å²) in [6.45, 7) is 3.78. The van der Waals surface area contributed by atoms with Gasteiger partial charge >= 0.3 is 0 Å². The minimum Gasteiger partial charge on any atom is -0.489 e. The molecule has 1 amide bonds. The van der Waals surface area contributed by atoms with E-state index < -0.39 is 17.2 Å². The van der Waals surface area contributed by atoms with Gasteiger partial charge in [0.05, 0.1) is 24.4 Å². The van der Waals surface area contributed by atoms with Crippen molar-refractivity contribution in [3.05, 3.63) is 83.4 Å². The van der Waals surface area contributed by atoms with Crippen LogP contribution in [0.5, 0.6) is 5.75 Å². The van der Waals surface area contributed by atoms with Gasteiger partial charge in [-0.05, 0) is 56.2 Å². The number of aryl methyl sites for hydroxylation is 2. The molecule has 30 heavy (non-hydrogen) atoms. The van der Waals surface area contributed by atoms with Crippen molar-refractivity contribution in [3.63, 3.8) is 0 Å². The van der Waals surface area contributed by atoms with Gasteiger partial charge in [0.1, 0.15) is 17.5 Å². The standard InChI is InChI=1S/C23H21F2N3O2/c1-14-21(12-26-15(2)27-14)30-13-23(16-5-3-6-17(24)9-16)11-20(23)22(29)28-19-8-4-7-18(25)10-19/h3-10,12,20H,11,13H2,1-2H3,(H,28,29)/t20-,23+/m0/s1. The summed E-state index contributed by atoms with van der Waals surface area (Å²) in [5.41, 5.74) is 1.08. The monoisotopic (exact) mass is 409 g/mol. The van der Waals surface area contributed by atoms with Crippen LogP contribution in [0.15, 0.2) is 54.7 Å². The highest BCUT2D eigenvalue weighted by molar-refractivity contribution is 5.96. The third-order valence-corrected chi connectivity index (χ3v) is 5.42. The molecule has 0 radical (unpaired) electrons. The lowest BCUT2D eigenvalue weighted by molar-refractivity contribution is -0.117. The van der Waals surface area contributed by atoms with Gasteiger partial charge in [0.15, 0.2) is 5.75 Å². The molecule has 1 saturated carbocycles. The Kier molecular flexibility index (Phi) is 5.20. The fourth-order valence-corrected chi connectivity index (χ4v) is 3.73. The molecule has 2 aromatic carbocycles. The molecular formula is C23H21F2N3O2. The molecule has 0 bridgehead atoms. The summed E-state index contributed by atoms with van der Waals surface area (Å²) < 4.78 is 33.3. The average Bonchev–Trinajstić information content (AvgIpc) is 3.43. The largest absolute Gasteiger partial charge is 0.489 e. The highest BCUT2D eigenvalue weighted by atomic mass is 19.1. The SMILES string of the molecule is Cc1ncc(OC[C@@]2(c3cccc(F)c3)C[C@H]2C(=O)Nc2cccc(F)c2)c(C)n1. The number of aromatic nitrogens is 2. The van der Waals surface area contributed by atoms with Crippen molar-refractivity contribution in [1.29, 1.82) is 0 Å². The van der Waals surface area contributed by atoms with E-state index in [0.29, 0.717) is 34.9 Å². The van der Waals surface area contributed by atoms with E-state index in [2.05, 4.69) is 15.3 Å². The zero-order valence-corrected chi connectivity index (χ0v) is 16.7. The minimum atomic E-state index is -0.684. The number of hydrogen-bond donors (Lipinski definition) is 1. The number of carbonyl (C=O) groups excluding carboxylic acids is 1. The molecule has 2 atom stereocenters. The van der Waals surface area contributed by atoms with Gasteiger partial charge in [-0.1, -0.05) is 18.2 Å². The number of rotatable bonds is 6. The quantitative estimate of drug-likeness (QED) is 0.658. The van der Waals surface area contributed by atoms with Gasteiger partial charge in [0.25, 0.3) is 0 Å². The Balaban J connectivity index is 1.57. The molecule has 3 aromatic rings. The Morgan fingerprint density at radius 3 is 2.60 bits per heavy atom. The number of amides is 1. The van der Waals surface area contributed by atoms with Gasteiger partial charge < -0.3 is 10.1 Å². The van der Waals surface area contributed by atoms with Gasteiger partial charge in [0.2, 0.25) is 5.91 Å². The summed E-state index contributed by atoms with van der Waals surface area (Å²) in [5.74, 6) is -0.346. The molecule has 0 saturated heterocycles. The molecular weight excluding hydrogens is 388 g/mol. The Bertz CT molecular complexity index is 1110. The molecule has 1 N–H and O–H groups in total. The predicted octanol–water partition coefficient (Wildman–Crippen LogP) is 4.35. The first kappa shape index (κ1) is 19.9. The minimum absolute atomic E-state index is 0.172. The van der Waals surface area contributed by atoms with Crippen LogP contribution < -0.4 is 10.1 Å². The van der Waals surface area contributed by atoms with Gasteiger partial charge in [-0.25, -0.2) is 18.7 Å². The number of halogens is 2. The second-order valence-electron chi connectivity index (χ2n) is 7.58. The number of nitrogens with zero attached hydrogens (tertiary/aromatic N) is 2. The summed E-state index contributed by atoms with van der Waals surface area (Å²) in [6.07, 6.45) is 2.09. The van der Waals surface area contributed by atoms with Gasteiger partial charge in [-0.3, -0.25) is 4.79 Å². The second kappa shape index (κ2) is 7.82. The van der Waals surface area contributed by atoms with Crippen LogP contribution in [0.2, 0.25) is 0 Å². The summed E-state index contributed by atoms with van der Waals surface area (Å²) in [5, 5.41) is 2.75. The van der Waals surface area contributed by atoms with E-state index >= 15 is 0 Å². The van der Waals surface area contributed by atoms with Crippen LogP contribution in [0.1, 0.15) is 23.5 Å². The fraction of sp³-hybridized carbons (Fsp3) is 0.261. The van der Waals surface area contributed by atoms with Crippen molar-refractivity contribution >= 4 is 11.6 Å². The van der Waals surface area contributed by atoms with E-state index in [1.54, 1.807) is 31.3 Å². The Morgan fingerprint density at radius 2 is 1.90 bits per heavy atom. The molecule has 0 aliphatic heterocycles. The topological polar surface area (TPSA) is 64.1 Å². The molecule has 1 fully saturated rings. The third-order valence-electron chi connectivity index (χ3n) is 5.42. The molecule has 154 valence electrons. The maximum atomic E-state index is 13.9. The first-order chi connectivity index (χ1) is 14.4. The maximum absolute atomic E-state index is 13.9. The summed E-state index contributed by atoms with van der Waals surface area (Å²) in [4.78, 5) is 21.3. The number of benzene rings is 2. The molecule has 1 aliphatic carbocycles. The molecule has 0 unspecified atom stereocenters. The van der Waals surface area contributed by atoms with Crippen molar-refractivity contribution in [2.24, 2.45) is 5.92 Å². The number of carbonyl (C=O) groups is 1. The highest BCUT2D eigenvalue weighted by Crippen LogP contribution is 2.55. The zero-order chi connectivity index (χ0) is 21.3. The van der Waals surface area contributed by atoms with Crippen LogP contribution >= 0.6 is 0 Å². The van der Waals surface area contributed by atoms with Crippen LogP contribution in [-0.4, -0.2) is 22.5 Å². The van der Waals surface area contributed by atoms with Crippen LogP contribution in [-0.2, 0) is 10.2 Å². The van der Waals surface area contributed by atoms with Gasteiger partial charge in [-0.2, -0.15) is 0 Å². The molecule has 7 heteroatoms. The van der Waals surface area contributed by atoms with Crippen molar-refractivity contribution in [2.75, 3.05) is 11.9 Å². The van der Waals surface area contributed by atoms with Crippen LogP contribution in [0.25, 0.3) is 0 Å². The van der Waals surface area contributed by atoms with E-state index in [-0.39, 0.29) is 18.3 Å². The second-order valence-corrected chi connectivity index (χ2v) is 7.58. The third kappa shape index (κ3) is 4.01. The number of ether oxygens (including phenoxy) is 1. The molecule has 1 aromatic heterocycles. The van der Waals surface area contributed by atoms with E-state index in [9.17, 15) is 13.6 Å². The summed E-state index contributed by atoms with van der Waals surface area (Å²) >= 11 is 0. The van der Waals surface area contributed by atoms with Crippen molar-refractivity contribution in [3.8, 4) is 5.75 Å². The summed E-state index contributed by atoms with van der Waals surface area (Å²) in [7, 11) is 0. The average molecular weight is 409 g/mol. The van der Waals surface area contributed by atoms with Crippen molar-refractivity contribution in [1.82, 2.24) is 9.97 Å². The van der Waals surface area contributed by atoms with Crippen molar-refractivity contribution in [2.45, 2.75) is 25.7 Å². The zero-order valence-electron chi connectivity index (χ0n) is 16.7. The molecule has 4 rings (SSSR count). The van der Waals surface area contributed by atoms with Crippen molar-refractivity contribution < 1.29 is 18.3 Å². The van der Waals surface area contributed by atoms with E-state index in [0.717, 1.165) is 0 Å². The fourth-order valence-electron chi connectivity index (χ4n) is 3.73. The Morgan fingerprint density at radius 1 is 1.17 bits per heavy atom. The molecule has 0 spiro atoms. The lowest BCUT2D eigenvalue weighted by Crippen LogP contribution is -2.27. The Labute approximate surface area is 173 Å². The normalized spacial score (nSPS) is 19.9. The van der Waals surface area contributed by atoms with Gasteiger partial charge in [-0.15, -0.1) is 0 Å². The van der Waals surface area contributed by atoms with Crippen LogP contribution in [0, 0.1) is 31.4 Å². The molecule has 5 nitrogen and oxygen atoms in total. The van der Waals surface area contributed by atoms with E-state index in [1.807, 2.05) is 6.92 Å². The van der Waals surface area contributed by atoms with Gasteiger partial charge in [0, 0.05) is 11.1 Å². The van der Waals surface area contributed by atoms with Crippen LogP contribution in [0.3, 0.4) is 0 Å². The van der Waals surface area contributed by atoms with E-state index in [4.69, 9.17) is 4.74 Å². The first-order valence-corrected chi connectivity index (χ1v) is 9.63. The number of nitrogens with one attached hydrogen (secondary N) is 1. The molecule has 1 aliphatic rings. The van der Waals surface area contributed by atoms with Crippen LogP contribution in [0.4, 0.5) is 14.5 Å². The maximum Gasteiger partial charge on any atom is 0.228 e. The predicted molar refractivity (Wildman–Crippen MR) is 108 cm³/mol. The van der Waals surface area contributed by atoms with E-state index in [1.165, 1.54) is 30.3 Å². The highest BCUT2D eigenvalue weighted by Gasteiger charge is 2.60.